The SMILES string of the molecule is C=CC[C@H](c1cccc(O)c1)N1CCNCC1.Cl.Cl. The molecule has 1 heterocycles. The summed E-state index contributed by atoms with van der Waals surface area (Å²) in [6.07, 6.45) is 2.88. The number of halogens is 2. The largest absolute Gasteiger partial charge is 0.508 e. The van der Waals surface area contributed by atoms with Gasteiger partial charge in [-0.05, 0) is 24.1 Å². The number of nitrogens with zero attached hydrogens (tertiary/aromatic N) is 1. The number of phenolic OH excluding ortho intramolecular Hbond substituents is 1. The predicted molar refractivity (Wildman–Crippen MR) is 84.6 cm³/mol. The van der Waals surface area contributed by atoms with Crippen LogP contribution in [0.3, 0.4) is 0 Å². The van der Waals surface area contributed by atoms with Crippen molar-refractivity contribution in [1.29, 1.82) is 0 Å². The lowest BCUT2D eigenvalue weighted by Gasteiger charge is -2.34. The third kappa shape index (κ3) is 5.03. The second kappa shape index (κ2) is 9.21. The van der Waals surface area contributed by atoms with E-state index in [0.29, 0.717) is 11.8 Å². The molecule has 2 N–H and O–H groups in total. The monoisotopic (exact) mass is 304 g/mol. The summed E-state index contributed by atoms with van der Waals surface area (Å²) in [6, 6.07) is 7.89. The van der Waals surface area contributed by atoms with Crippen molar-refractivity contribution < 1.29 is 5.11 Å². The van der Waals surface area contributed by atoms with Gasteiger partial charge in [0.05, 0.1) is 0 Å². The molecule has 1 aliphatic heterocycles. The molecule has 1 aromatic rings. The van der Waals surface area contributed by atoms with E-state index in [-0.39, 0.29) is 24.8 Å². The lowest BCUT2D eigenvalue weighted by atomic mass is 10.0. The van der Waals surface area contributed by atoms with E-state index < -0.39 is 0 Å². The van der Waals surface area contributed by atoms with Crippen LogP contribution >= 0.6 is 24.8 Å². The minimum absolute atomic E-state index is 0. The molecule has 0 unspecified atom stereocenters. The minimum Gasteiger partial charge on any atom is -0.508 e. The smallest absolute Gasteiger partial charge is 0.115 e. The van der Waals surface area contributed by atoms with Crippen molar-refractivity contribution in [1.82, 2.24) is 10.2 Å². The fourth-order valence-corrected chi connectivity index (χ4v) is 2.38. The van der Waals surface area contributed by atoms with Gasteiger partial charge in [-0.25, -0.2) is 0 Å². The standard InChI is InChI=1S/C14H20N2O.2ClH/c1-2-4-14(16-9-7-15-8-10-16)12-5-3-6-13(17)11-12;;/h2-3,5-6,11,14-15,17H,1,4,7-10H2;2*1H/t14-;;/m1../s1. The number of rotatable bonds is 4. The summed E-state index contributed by atoms with van der Waals surface area (Å²) in [5.74, 6) is 0.340. The topological polar surface area (TPSA) is 35.5 Å². The van der Waals surface area contributed by atoms with Crippen LogP contribution in [0.15, 0.2) is 36.9 Å². The van der Waals surface area contributed by atoms with Gasteiger partial charge in [-0.3, -0.25) is 4.90 Å². The first-order valence-corrected chi connectivity index (χ1v) is 6.16. The third-order valence-corrected chi connectivity index (χ3v) is 3.24. The molecule has 19 heavy (non-hydrogen) atoms. The molecule has 0 radical (unpaired) electrons. The molecular weight excluding hydrogens is 283 g/mol. The van der Waals surface area contributed by atoms with Crippen LogP contribution in [0.5, 0.6) is 5.75 Å². The van der Waals surface area contributed by atoms with E-state index in [4.69, 9.17) is 0 Å². The first-order valence-electron chi connectivity index (χ1n) is 6.16. The Morgan fingerprint density at radius 1 is 1.32 bits per heavy atom. The average molecular weight is 305 g/mol. The van der Waals surface area contributed by atoms with Crippen molar-refractivity contribution in [2.24, 2.45) is 0 Å². The predicted octanol–water partition coefficient (Wildman–Crippen LogP) is 2.76. The number of hydrogen-bond acceptors (Lipinski definition) is 3. The maximum atomic E-state index is 9.57. The molecule has 0 bridgehead atoms. The summed E-state index contributed by atoms with van der Waals surface area (Å²) in [6.45, 7) is 8.01. The summed E-state index contributed by atoms with van der Waals surface area (Å²) in [5.41, 5.74) is 1.17. The number of piperazine rings is 1. The van der Waals surface area contributed by atoms with Crippen molar-refractivity contribution in [3.63, 3.8) is 0 Å². The Balaban J connectivity index is 0.00000162. The first-order chi connectivity index (χ1) is 8.31. The minimum atomic E-state index is 0. The molecule has 0 aliphatic carbocycles. The summed E-state index contributed by atoms with van der Waals surface area (Å²) >= 11 is 0. The zero-order chi connectivity index (χ0) is 12.1. The Bertz CT molecular complexity index is 381. The molecule has 5 heteroatoms. The Morgan fingerprint density at radius 2 is 2.00 bits per heavy atom. The number of nitrogens with one attached hydrogen (secondary N) is 1. The molecule has 0 spiro atoms. The van der Waals surface area contributed by atoms with E-state index in [0.717, 1.165) is 32.6 Å². The lowest BCUT2D eigenvalue weighted by molar-refractivity contribution is 0.174. The van der Waals surface area contributed by atoms with Crippen LogP contribution in [0.1, 0.15) is 18.0 Å². The Hall–Kier alpha value is -0.740. The maximum absolute atomic E-state index is 9.57. The Labute approximate surface area is 127 Å². The van der Waals surface area contributed by atoms with Crippen LogP contribution in [0.25, 0.3) is 0 Å². The van der Waals surface area contributed by atoms with Gasteiger partial charge in [0.25, 0.3) is 0 Å². The molecule has 1 aliphatic rings. The van der Waals surface area contributed by atoms with Crippen LogP contribution < -0.4 is 5.32 Å². The molecular formula is C14H22Cl2N2O. The maximum Gasteiger partial charge on any atom is 0.115 e. The Morgan fingerprint density at radius 3 is 2.58 bits per heavy atom. The summed E-state index contributed by atoms with van der Waals surface area (Å²) in [7, 11) is 0. The molecule has 2 rings (SSSR count). The van der Waals surface area contributed by atoms with Crippen molar-refractivity contribution in [3.8, 4) is 5.75 Å². The van der Waals surface area contributed by atoms with E-state index in [1.807, 2.05) is 18.2 Å². The highest BCUT2D eigenvalue weighted by Gasteiger charge is 2.20. The van der Waals surface area contributed by atoms with Crippen LogP contribution in [-0.4, -0.2) is 36.2 Å². The number of phenols is 1. The van der Waals surface area contributed by atoms with Crippen LogP contribution in [0, 0.1) is 0 Å². The molecule has 1 atom stereocenters. The van der Waals surface area contributed by atoms with Crippen molar-refractivity contribution >= 4 is 24.8 Å². The van der Waals surface area contributed by atoms with E-state index >= 15 is 0 Å². The second-order valence-electron chi connectivity index (χ2n) is 4.42. The third-order valence-electron chi connectivity index (χ3n) is 3.24. The van der Waals surface area contributed by atoms with Crippen LogP contribution in [-0.2, 0) is 0 Å². The van der Waals surface area contributed by atoms with Crippen LogP contribution in [0.2, 0.25) is 0 Å². The zero-order valence-electron chi connectivity index (χ0n) is 10.9. The van der Waals surface area contributed by atoms with Gasteiger partial charge < -0.3 is 10.4 Å². The molecule has 1 saturated heterocycles. The Kier molecular flexibility index (Phi) is 8.85. The van der Waals surface area contributed by atoms with E-state index in [1.54, 1.807) is 6.07 Å². The van der Waals surface area contributed by atoms with Gasteiger partial charge >= 0.3 is 0 Å². The highest BCUT2D eigenvalue weighted by atomic mass is 35.5. The van der Waals surface area contributed by atoms with Gasteiger partial charge in [-0.2, -0.15) is 0 Å². The van der Waals surface area contributed by atoms with Gasteiger partial charge in [0.2, 0.25) is 0 Å². The van der Waals surface area contributed by atoms with Gasteiger partial charge in [0, 0.05) is 32.2 Å². The van der Waals surface area contributed by atoms with Gasteiger partial charge in [-0.15, -0.1) is 31.4 Å². The van der Waals surface area contributed by atoms with Gasteiger partial charge in [-0.1, -0.05) is 18.2 Å². The summed E-state index contributed by atoms with van der Waals surface area (Å²) in [4.78, 5) is 2.45. The fraction of sp³-hybridized carbons (Fsp3) is 0.429. The van der Waals surface area contributed by atoms with Crippen molar-refractivity contribution in [2.75, 3.05) is 26.2 Å². The number of hydrogen-bond donors (Lipinski definition) is 2. The van der Waals surface area contributed by atoms with Crippen LogP contribution in [0.4, 0.5) is 0 Å². The number of aromatic hydroxyl groups is 1. The quantitative estimate of drug-likeness (QED) is 0.840. The summed E-state index contributed by atoms with van der Waals surface area (Å²) in [5, 5.41) is 12.9. The highest BCUT2D eigenvalue weighted by Crippen LogP contribution is 2.27. The number of benzene rings is 1. The highest BCUT2D eigenvalue weighted by molar-refractivity contribution is 5.85. The van der Waals surface area contributed by atoms with Crippen molar-refractivity contribution in [2.45, 2.75) is 12.5 Å². The second-order valence-corrected chi connectivity index (χ2v) is 4.42. The summed E-state index contributed by atoms with van der Waals surface area (Å²) < 4.78 is 0. The molecule has 1 aromatic carbocycles. The van der Waals surface area contributed by atoms with Crippen molar-refractivity contribution in [3.05, 3.63) is 42.5 Å². The van der Waals surface area contributed by atoms with E-state index in [1.165, 1.54) is 5.56 Å². The van der Waals surface area contributed by atoms with Gasteiger partial charge in [0.15, 0.2) is 0 Å². The molecule has 0 amide bonds. The molecule has 0 aromatic heterocycles. The normalized spacial score (nSPS) is 16.8. The fourth-order valence-electron chi connectivity index (χ4n) is 2.38. The zero-order valence-corrected chi connectivity index (χ0v) is 12.6. The molecule has 3 nitrogen and oxygen atoms in total. The first kappa shape index (κ1) is 18.3. The average Bonchev–Trinajstić information content (AvgIpc) is 2.37. The van der Waals surface area contributed by atoms with Gasteiger partial charge in [0.1, 0.15) is 5.75 Å². The molecule has 108 valence electrons. The molecule has 0 saturated carbocycles. The lowest BCUT2D eigenvalue weighted by Crippen LogP contribution is -2.45. The van der Waals surface area contributed by atoms with E-state index in [2.05, 4.69) is 22.9 Å². The molecule has 1 fully saturated rings. The van der Waals surface area contributed by atoms with E-state index in [9.17, 15) is 5.11 Å².